The van der Waals surface area contributed by atoms with Crippen LogP contribution in [-0.2, 0) is 0 Å². The van der Waals surface area contributed by atoms with E-state index >= 15 is 0 Å². The maximum absolute atomic E-state index is 12.3. The lowest BCUT2D eigenvalue weighted by atomic mass is 10.1. The highest BCUT2D eigenvalue weighted by Gasteiger charge is 2.24. The molecule has 4 nitrogen and oxygen atoms in total. The number of carbonyl (C=O) groups excluding carboxylic acids is 1. The average Bonchev–Trinajstić information content (AvgIpc) is 3.12. The van der Waals surface area contributed by atoms with Gasteiger partial charge in [0.25, 0.3) is 5.91 Å². The number of thiazole rings is 1. The molecular weight excluding hydrogens is 306 g/mol. The lowest BCUT2D eigenvalue weighted by molar-refractivity contribution is 0.0943. The fourth-order valence-electron chi connectivity index (χ4n) is 3.20. The highest BCUT2D eigenvalue weighted by molar-refractivity contribution is 7.11. The number of carbonyl (C=O) groups is 1. The Balaban J connectivity index is 1.55. The molecule has 1 N–H and O–H groups in total. The van der Waals surface area contributed by atoms with Gasteiger partial charge in [-0.15, -0.1) is 11.3 Å². The summed E-state index contributed by atoms with van der Waals surface area (Å²) in [6, 6.07) is 8.49. The highest BCUT2D eigenvalue weighted by Crippen LogP contribution is 2.26. The van der Waals surface area contributed by atoms with Crippen molar-refractivity contribution in [2.75, 3.05) is 24.5 Å². The van der Waals surface area contributed by atoms with Crippen LogP contribution in [0.25, 0.3) is 0 Å². The molecule has 2 aromatic rings. The summed E-state index contributed by atoms with van der Waals surface area (Å²) >= 11 is 1.57. The summed E-state index contributed by atoms with van der Waals surface area (Å²) in [5.41, 5.74) is 3.21. The third kappa shape index (κ3) is 3.55. The van der Waals surface area contributed by atoms with E-state index < -0.39 is 0 Å². The van der Waals surface area contributed by atoms with Gasteiger partial charge in [0.05, 0.1) is 5.01 Å². The zero-order valence-corrected chi connectivity index (χ0v) is 14.7. The first-order chi connectivity index (χ1) is 11.0. The van der Waals surface area contributed by atoms with Gasteiger partial charge in [-0.05, 0) is 44.7 Å². The molecule has 1 aromatic carbocycles. The molecule has 0 spiro atoms. The van der Waals surface area contributed by atoms with Crippen molar-refractivity contribution in [2.45, 2.75) is 27.2 Å². The second kappa shape index (κ2) is 6.71. The Hall–Kier alpha value is -1.88. The van der Waals surface area contributed by atoms with Gasteiger partial charge in [0.2, 0.25) is 0 Å². The molecule has 23 heavy (non-hydrogen) atoms. The lowest BCUT2D eigenvalue weighted by Gasteiger charge is -2.21. The Morgan fingerprint density at radius 2 is 2.13 bits per heavy atom. The molecule has 3 rings (SSSR count). The SMILES string of the molecule is Cc1nc(C(=O)NC[C@H]2CCN(c3ccccc3C)C2)c(C)s1. The summed E-state index contributed by atoms with van der Waals surface area (Å²) < 4.78 is 0. The van der Waals surface area contributed by atoms with Crippen LogP contribution < -0.4 is 10.2 Å². The molecule has 1 atom stereocenters. The summed E-state index contributed by atoms with van der Waals surface area (Å²) in [6.45, 7) is 8.82. The molecule has 0 aliphatic carbocycles. The van der Waals surface area contributed by atoms with Crippen LogP contribution >= 0.6 is 11.3 Å². The number of aryl methyl sites for hydroxylation is 3. The highest BCUT2D eigenvalue weighted by atomic mass is 32.1. The van der Waals surface area contributed by atoms with E-state index in [-0.39, 0.29) is 5.91 Å². The minimum absolute atomic E-state index is 0.0406. The molecule has 0 bridgehead atoms. The lowest BCUT2D eigenvalue weighted by Crippen LogP contribution is -2.31. The Kier molecular flexibility index (Phi) is 4.66. The van der Waals surface area contributed by atoms with Crippen molar-refractivity contribution in [3.05, 3.63) is 45.4 Å². The molecule has 0 saturated carbocycles. The normalized spacial score (nSPS) is 17.5. The molecule has 1 amide bonds. The van der Waals surface area contributed by atoms with Crippen LogP contribution in [0.2, 0.25) is 0 Å². The molecule has 5 heteroatoms. The second-order valence-corrected chi connectivity index (χ2v) is 7.64. The van der Waals surface area contributed by atoms with Gasteiger partial charge in [-0.3, -0.25) is 4.79 Å². The van der Waals surface area contributed by atoms with Crippen molar-refractivity contribution in [3.63, 3.8) is 0 Å². The predicted octanol–water partition coefficient (Wildman–Crippen LogP) is 3.32. The zero-order valence-electron chi connectivity index (χ0n) is 13.9. The molecule has 0 radical (unpaired) electrons. The van der Waals surface area contributed by atoms with E-state index in [0.717, 1.165) is 35.9 Å². The van der Waals surface area contributed by atoms with Gasteiger partial charge in [-0.25, -0.2) is 4.98 Å². The third-order valence-electron chi connectivity index (χ3n) is 4.41. The van der Waals surface area contributed by atoms with Gasteiger partial charge in [0.1, 0.15) is 5.69 Å². The number of nitrogens with zero attached hydrogens (tertiary/aromatic N) is 2. The first-order valence-electron chi connectivity index (χ1n) is 8.07. The Morgan fingerprint density at radius 3 is 2.83 bits per heavy atom. The van der Waals surface area contributed by atoms with E-state index in [0.29, 0.717) is 11.6 Å². The standard InChI is InChI=1S/C18H23N3OS/c1-12-6-4-5-7-16(12)21-9-8-15(11-21)10-19-18(22)17-13(2)23-14(3)20-17/h4-7,15H,8-11H2,1-3H3,(H,19,22)/t15-/m1/s1. The molecule has 1 aliphatic heterocycles. The van der Waals surface area contributed by atoms with Crippen molar-refractivity contribution < 1.29 is 4.79 Å². The summed E-state index contributed by atoms with van der Waals surface area (Å²) in [7, 11) is 0. The molecule has 122 valence electrons. The van der Waals surface area contributed by atoms with E-state index in [4.69, 9.17) is 0 Å². The number of rotatable bonds is 4. The van der Waals surface area contributed by atoms with Crippen LogP contribution in [0.5, 0.6) is 0 Å². The zero-order chi connectivity index (χ0) is 16.4. The van der Waals surface area contributed by atoms with Crippen LogP contribution in [0.3, 0.4) is 0 Å². The topological polar surface area (TPSA) is 45.2 Å². The van der Waals surface area contributed by atoms with Crippen molar-refractivity contribution in [1.82, 2.24) is 10.3 Å². The molecule has 0 unspecified atom stereocenters. The number of nitrogens with one attached hydrogen (secondary N) is 1. The minimum atomic E-state index is -0.0406. The number of aromatic nitrogens is 1. The number of hydrogen-bond donors (Lipinski definition) is 1. The van der Waals surface area contributed by atoms with Gasteiger partial charge in [0, 0.05) is 30.2 Å². The van der Waals surface area contributed by atoms with Crippen LogP contribution in [-0.4, -0.2) is 30.5 Å². The molecular formula is C18H23N3OS. The Labute approximate surface area is 141 Å². The van der Waals surface area contributed by atoms with Gasteiger partial charge in [-0.2, -0.15) is 0 Å². The summed E-state index contributed by atoms with van der Waals surface area (Å²) in [5.74, 6) is 0.458. The van der Waals surface area contributed by atoms with Crippen molar-refractivity contribution >= 4 is 22.9 Å². The third-order valence-corrected chi connectivity index (χ3v) is 5.30. The largest absolute Gasteiger partial charge is 0.371 e. The van der Waals surface area contributed by atoms with E-state index in [2.05, 4.69) is 46.4 Å². The average molecular weight is 329 g/mol. The van der Waals surface area contributed by atoms with Gasteiger partial charge in [0.15, 0.2) is 0 Å². The first kappa shape index (κ1) is 16.0. The molecule has 1 fully saturated rings. The van der Waals surface area contributed by atoms with Crippen LogP contribution in [0.4, 0.5) is 5.69 Å². The van der Waals surface area contributed by atoms with Crippen molar-refractivity contribution in [1.29, 1.82) is 0 Å². The maximum atomic E-state index is 12.3. The minimum Gasteiger partial charge on any atom is -0.371 e. The van der Waals surface area contributed by atoms with Gasteiger partial charge >= 0.3 is 0 Å². The van der Waals surface area contributed by atoms with Gasteiger partial charge < -0.3 is 10.2 Å². The number of amides is 1. The second-order valence-electron chi connectivity index (χ2n) is 6.23. The fourth-order valence-corrected chi connectivity index (χ4v) is 4.01. The van der Waals surface area contributed by atoms with Crippen molar-refractivity contribution in [3.8, 4) is 0 Å². The number of hydrogen-bond acceptors (Lipinski definition) is 4. The van der Waals surface area contributed by atoms with E-state index in [9.17, 15) is 4.79 Å². The number of anilines is 1. The number of para-hydroxylation sites is 1. The molecule has 1 saturated heterocycles. The number of benzene rings is 1. The predicted molar refractivity (Wildman–Crippen MR) is 95.4 cm³/mol. The smallest absolute Gasteiger partial charge is 0.271 e. The van der Waals surface area contributed by atoms with Crippen molar-refractivity contribution in [2.24, 2.45) is 5.92 Å². The summed E-state index contributed by atoms with van der Waals surface area (Å²) in [4.78, 5) is 20.0. The maximum Gasteiger partial charge on any atom is 0.271 e. The van der Waals surface area contributed by atoms with Crippen LogP contribution in [0.15, 0.2) is 24.3 Å². The molecule has 1 aromatic heterocycles. The molecule has 1 aliphatic rings. The Bertz CT molecular complexity index is 710. The van der Waals surface area contributed by atoms with E-state index in [1.54, 1.807) is 11.3 Å². The monoisotopic (exact) mass is 329 g/mol. The Morgan fingerprint density at radius 1 is 1.35 bits per heavy atom. The van der Waals surface area contributed by atoms with Gasteiger partial charge in [-0.1, -0.05) is 18.2 Å². The van der Waals surface area contributed by atoms with Crippen LogP contribution in [0.1, 0.15) is 32.4 Å². The summed E-state index contributed by atoms with van der Waals surface area (Å²) in [6.07, 6.45) is 1.11. The van der Waals surface area contributed by atoms with E-state index in [1.807, 2.05) is 13.8 Å². The molecule has 2 heterocycles. The summed E-state index contributed by atoms with van der Waals surface area (Å²) in [5, 5.41) is 4.00. The quantitative estimate of drug-likeness (QED) is 0.936. The fraction of sp³-hybridized carbons (Fsp3) is 0.444. The van der Waals surface area contributed by atoms with Crippen LogP contribution in [0, 0.1) is 26.7 Å². The first-order valence-corrected chi connectivity index (χ1v) is 8.89. The van der Waals surface area contributed by atoms with E-state index in [1.165, 1.54) is 11.3 Å².